The molecule has 25 heavy (non-hydrogen) atoms. The summed E-state index contributed by atoms with van der Waals surface area (Å²) in [7, 11) is 1.42. The Morgan fingerprint density at radius 3 is 2.64 bits per heavy atom. The fourth-order valence-corrected chi connectivity index (χ4v) is 2.16. The maximum Gasteiger partial charge on any atom is 0.421 e. The van der Waals surface area contributed by atoms with E-state index >= 15 is 0 Å². The van der Waals surface area contributed by atoms with Gasteiger partial charge in [0.25, 0.3) is 0 Å². The Morgan fingerprint density at radius 1 is 1.28 bits per heavy atom. The Balaban J connectivity index is 2.48. The molecule has 2 aromatic rings. The summed E-state index contributed by atoms with van der Waals surface area (Å²) in [5.41, 5.74) is -0.440. The minimum atomic E-state index is -4.63. The van der Waals surface area contributed by atoms with Crippen molar-refractivity contribution < 1.29 is 17.9 Å². The molecule has 1 aromatic heterocycles. The van der Waals surface area contributed by atoms with E-state index in [1.165, 1.54) is 18.0 Å². The first kappa shape index (κ1) is 18.5. The molecule has 0 saturated carbocycles. The topological polar surface area (TPSA) is 62.0 Å². The van der Waals surface area contributed by atoms with Crippen LogP contribution in [0.2, 0.25) is 0 Å². The minimum Gasteiger partial charge on any atom is -0.463 e. The average Bonchev–Trinajstić information content (AvgIpc) is 2.60. The number of benzene rings is 1. The molecule has 0 atom stereocenters. The van der Waals surface area contributed by atoms with Crippen LogP contribution in [0.3, 0.4) is 0 Å². The van der Waals surface area contributed by atoms with Crippen molar-refractivity contribution in [3.63, 3.8) is 0 Å². The summed E-state index contributed by atoms with van der Waals surface area (Å²) >= 11 is 0. The quantitative estimate of drug-likeness (QED) is 0.726. The van der Waals surface area contributed by atoms with Crippen LogP contribution in [-0.4, -0.2) is 23.6 Å². The van der Waals surface area contributed by atoms with Crippen LogP contribution in [0.5, 0.6) is 6.01 Å². The van der Waals surface area contributed by atoms with Gasteiger partial charge in [0, 0.05) is 13.2 Å². The van der Waals surface area contributed by atoms with Crippen molar-refractivity contribution in [2.24, 2.45) is 0 Å². The number of halogens is 3. The fourth-order valence-electron chi connectivity index (χ4n) is 2.16. The highest BCUT2D eigenvalue weighted by molar-refractivity contribution is 5.68. The Bertz CT molecular complexity index is 771. The van der Waals surface area contributed by atoms with E-state index in [9.17, 15) is 18.4 Å². The van der Waals surface area contributed by atoms with Gasteiger partial charge in [0.2, 0.25) is 0 Å². The van der Waals surface area contributed by atoms with Gasteiger partial charge >= 0.3 is 12.2 Å². The van der Waals surface area contributed by atoms with E-state index in [0.29, 0.717) is 18.5 Å². The van der Waals surface area contributed by atoms with Crippen molar-refractivity contribution in [1.82, 2.24) is 9.97 Å². The second-order valence-corrected chi connectivity index (χ2v) is 5.28. The van der Waals surface area contributed by atoms with Crippen LogP contribution in [-0.2, 0) is 6.18 Å². The Morgan fingerprint density at radius 2 is 2.00 bits per heavy atom. The van der Waals surface area contributed by atoms with Gasteiger partial charge in [-0.05, 0) is 18.6 Å². The van der Waals surface area contributed by atoms with Gasteiger partial charge in [0.05, 0.1) is 17.9 Å². The minimum absolute atomic E-state index is 0.127. The predicted octanol–water partition coefficient (Wildman–Crippen LogP) is 4.31. The number of rotatable bonds is 6. The maximum absolute atomic E-state index is 13.3. The molecular weight excluding hydrogens is 333 g/mol. The molecule has 132 valence electrons. The second kappa shape index (κ2) is 7.83. The van der Waals surface area contributed by atoms with Gasteiger partial charge < -0.3 is 9.64 Å². The lowest BCUT2D eigenvalue weighted by Gasteiger charge is -2.23. The third-order valence-electron chi connectivity index (χ3n) is 3.48. The highest BCUT2D eigenvalue weighted by Gasteiger charge is 2.37. The van der Waals surface area contributed by atoms with Gasteiger partial charge in [-0.1, -0.05) is 25.5 Å². The molecule has 5 nitrogen and oxygen atoms in total. The molecule has 0 fully saturated rings. The van der Waals surface area contributed by atoms with E-state index in [1.54, 1.807) is 18.2 Å². The van der Waals surface area contributed by atoms with E-state index in [2.05, 4.69) is 9.97 Å². The Kier molecular flexibility index (Phi) is 5.80. The van der Waals surface area contributed by atoms with Gasteiger partial charge in [-0.15, -0.1) is 0 Å². The molecule has 0 radical (unpaired) electrons. The summed E-state index contributed by atoms with van der Waals surface area (Å²) in [6.45, 7) is 2.29. The monoisotopic (exact) mass is 350 g/mol. The number of nitriles is 1. The molecule has 1 heterocycles. The number of hydrogen-bond donors (Lipinski definition) is 0. The molecule has 0 aliphatic carbocycles. The summed E-state index contributed by atoms with van der Waals surface area (Å²) in [6, 6.07) is 8.19. The van der Waals surface area contributed by atoms with E-state index in [-0.39, 0.29) is 17.4 Å². The SMILES string of the molecule is CCCCOc1ncc(C(F)(F)F)c(N(C)c2ccccc2C#N)n1. The van der Waals surface area contributed by atoms with Gasteiger partial charge in [-0.25, -0.2) is 4.98 Å². The number of anilines is 2. The van der Waals surface area contributed by atoms with Gasteiger partial charge in [0.15, 0.2) is 5.82 Å². The van der Waals surface area contributed by atoms with Crippen molar-refractivity contribution in [2.75, 3.05) is 18.6 Å². The van der Waals surface area contributed by atoms with Gasteiger partial charge in [-0.2, -0.15) is 23.4 Å². The number of hydrogen-bond acceptors (Lipinski definition) is 5. The smallest absolute Gasteiger partial charge is 0.421 e. The van der Waals surface area contributed by atoms with Gasteiger partial charge in [0.1, 0.15) is 11.6 Å². The number of ether oxygens (including phenoxy) is 1. The van der Waals surface area contributed by atoms with Crippen LogP contribution in [0.15, 0.2) is 30.5 Å². The van der Waals surface area contributed by atoms with Crippen molar-refractivity contribution in [3.05, 3.63) is 41.6 Å². The largest absolute Gasteiger partial charge is 0.463 e. The molecule has 0 saturated heterocycles. The summed E-state index contributed by atoms with van der Waals surface area (Å²) in [4.78, 5) is 8.80. The van der Waals surface area contributed by atoms with Crippen molar-refractivity contribution in [3.8, 4) is 12.1 Å². The Labute approximate surface area is 143 Å². The van der Waals surface area contributed by atoms with Crippen LogP contribution in [0.1, 0.15) is 30.9 Å². The molecule has 0 N–H and O–H groups in total. The number of nitrogens with zero attached hydrogens (tertiary/aromatic N) is 4. The first-order valence-electron chi connectivity index (χ1n) is 7.68. The first-order chi connectivity index (χ1) is 11.9. The van der Waals surface area contributed by atoms with Crippen LogP contribution in [0, 0.1) is 11.3 Å². The lowest BCUT2D eigenvalue weighted by Crippen LogP contribution is -2.20. The molecule has 0 unspecified atom stereocenters. The predicted molar refractivity (Wildman–Crippen MR) is 86.7 cm³/mol. The van der Waals surface area contributed by atoms with Crippen LogP contribution in [0.4, 0.5) is 24.7 Å². The summed E-state index contributed by atoms with van der Waals surface area (Å²) in [5, 5.41) is 9.18. The lowest BCUT2D eigenvalue weighted by atomic mass is 10.1. The van der Waals surface area contributed by atoms with Crippen LogP contribution < -0.4 is 9.64 Å². The Hall–Kier alpha value is -2.82. The molecule has 0 aliphatic heterocycles. The summed E-state index contributed by atoms with van der Waals surface area (Å²) in [5.74, 6) is -0.364. The normalized spacial score (nSPS) is 11.0. The van der Waals surface area contributed by atoms with E-state index in [1.807, 2.05) is 13.0 Å². The van der Waals surface area contributed by atoms with Crippen LogP contribution >= 0.6 is 0 Å². The molecule has 2 rings (SSSR count). The fraction of sp³-hybridized carbons (Fsp3) is 0.353. The van der Waals surface area contributed by atoms with Crippen molar-refractivity contribution >= 4 is 11.5 Å². The molecule has 0 aliphatic rings. The highest BCUT2D eigenvalue weighted by atomic mass is 19.4. The van der Waals surface area contributed by atoms with E-state index in [4.69, 9.17) is 4.74 Å². The molecule has 0 spiro atoms. The highest BCUT2D eigenvalue weighted by Crippen LogP contribution is 2.38. The second-order valence-electron chi connectivity index (χ2n) is 5.28. The summed E-state index contributed by atoms with van der Waals surface area (Å²) < 4.78 is 45.3. The van der Waals surface area contributed by atoms with Crippen LogP contribution in [0.25, 0.3) is 0 Å². The standard InChI is InChI=1S/C17H17F3N4O/c1-3-4-9-25-16-22-11-13(17(18,19)20)15(23-16)24(2)14-8-6-5-7-12(14)10-21/h5-8,11H,3-4,9H2,1-2H3. The lowest BCUT2D eigenvalue weighted by molar-refractivity contribution is -0.137. The third kappa shape index (κ3) is 4.38. The average molecular weight is 350 g/mol. The summed E-state index contributed by atoms with van der Waals surface area (Å²) in [6.07, 6.45) is -2.31. The first-order valence-corrected chi connectivity index (χ1v) is 7.68. The third-order valence-corrected chi connectivity index (χ3v) is 3.48. The van der Waals surface area contributed by atoms with E-state index < -0.39 is 11.7 Å². The van der Waals surface area contributed by atoms with Crippen molar-refractivity contribution in [2.45, 2.75) is 25.9 Å². The van der Waals surface area contributed by atoms with Gasteiger partial charge in [-0.3, -0.25) is 0 Å². The molecular formula is C17H17F3N4O. The zero-order valence-corrected chi connectivity index (χ0v) is 13.8. The molecule has 0 bridgehead atoms. The number of aromatic nitrogens is 2. The zero-order valence-electron chi connectivity index (χ0n) is 13.8. The number of para-hydroxylation sites is 1. The molecule has 1 aromatic carbocycles. The molecule has 0 amide bonds. The zero-order chi connectivity index (χ0) is 18.4. The molecule has 8 heteroatoms. The van der Waals surface area contributed by atoms with E-state index in [0.717, 1.165) is 12.8 Å². The number of unbranched alkanes of at least 4 members (excludes halogenated alkanes) is 1. The maximum atomic E-state index is 13.3. The number of alkyl halides is 3. The van der Waals surface area contributed by atoms with Crippen molar-refractivity contribution in [1.29, 1.82) is 5.26 Å².